The van der Waals surface area contributed by atoms with Crippen molar-refractivity contribution >= 4 is 27.7 Å². The SMILES string of the molecule is N#Cc1ccc(C(=O)N2CCNC(=O)[C@@H]2c2ccc(Br)cc2)nc1. The molecule has 0 unspecified atom stereocenters. The van der Waals surface area contributed by atoms with Gasteiger partial charge in [-0.25, -0.2) is 4.98 Å². The zero-order chi connectivity index (χ0) is 17.1. The Kier molecular flexibility index (Phi) is 4.58. The van der Waals surface area contributed by atoms with Crippen LogP contribution < -0.4 is 5.32 Å². The van der Waals surface area contributed by atoms with Gasteiger partial charge < -0.3 is 10.2 Å². The molecule has 1 aliphatic rings. The smallest absolute Gasteiger partial charge is 0.273 e. The Morgan fingerprint density at radius 1 is 1.29 bits per heavy atom. The van der Waals surface area contributed by atoms with Crippen molar-refractivity contribution in [2.75, 3.05) is 13.1 Å². The van der Waals surface area contributed by atoms with E-state index in [1.165, 1.54) is 17.2 Å². The van der Waals surface area contributed by atoms with Crippen molar-refractivity contribution in [1.29, 1.82) is 5.26 Å². The third-order valence-electron chi connectivity index (χ3n) is 3.77. The number of hydrogen-bond acceptors (Lipinski definition) is 4. The fourth-order valence-corrected chi connectivity index (χ4v) is 2.86. The molecule has 1 fully saturated rings. The van der Waals surface area contributed by atoms with Gasteiger partial charge in [-0.15, -0.1) is 0 Å². The van der Waals surface area contributed by atoms with Gasteiger partial charge in [-0.2, -0.15) is 5.26 Å². The van der Waals surface area contributed by atoms with Gasteiger partial charge in [0.25, 0.3) is 5.91 Å². The number of pyridine rings is 1. The molecule has 120 valence electrons. The Hall–Kier alpha value is -2.72. The van der Waals surface area contributed by atoms with Gasteiger partial charge in [-0.05, 0) is 29.8 Å². The molecule has 2 heterocycles. The lowest BCUT2D eigenvalue weighted by atomic mass is 10.0. The summed E-state index contributed by atoms with van der Waals surface area (Å²) in [6, 6.07) is 11.6. The molecule has 1 aromatic carbocycles. The number of rotatable bonds is 2. The number of amides is 2. The Balaban J connectivity index is 1.93. The standard InChI is InChI=1S/C17H13BrN4O2/c18-13-4-2-12(3-5-13)15-16(23)20-7-8-22(15)17(24)14-6-1-11(9-19)10-21-14/h1-6,10,15H,7-8H2,(H,20,23)/t15-/m0/s1. The number of nitriles is 1. The predicted octanol–water partition coefficient (Wildman–Crippen LogP) is 2.03. The molecule has 0 radical (unpaired) electrons. The molecule has 0 aliphatic carbocycles. The van der Waals surface area contributed by atoms with Crippen LogP contribution in [0.2, 0.25) is 0 Å². The monoisotopic (exact) mass is 384 g/mol. The van der Waals surface area contributed by atoms with Crippen LogP contribution in [0.4, 0.5) is 0 Å². The van der Waals surface area contributed by atoms with Crippen molar-refractivity contribution in [1.82, 2.24) is 15.2 Å². The van der Waals surface area contributed by atoms with Crippen molar-refractivity contribution < 1.29 is 9.59 Å². The number of aromatic nitrogens is 1. The molecule has 1 aliphatic heterocycles. The van der Waals surface area contributed by atoms with E-state index in [-0.39, 0.29) is 17.5 Å². The Morgan fingerprint density at radius 3 is 2.67 bits per heavy atom. The number of nitrogens with zero attached hydrogens (tertiary/aromatic N) is 3. The van der Waals surface area contributed by atoms with Crippen LogP contribution in [0.3, 0.4) is 0 Å². The summed E-state index contributed by atoms with van der Waals surface area (Å²) in [6.45, 7) is 0.793. The van der Waals surface area contributed by atoms with Crippen molar-refractivity contribution in [2.24, 2.45) is 0 Å². The largest absolute Gasteiger partial charge is 0.352 e. The summed E-state index contributed by atoms with van der Waals surface area (Å²) >= 11 is 3.36. The van der Waals surface area contributed by atoms with Gasteiger partial charge in [0, 0.05) is 23.8 Å². The first-order chi connectivity index (χ1) is 11.6. The highest BCUT2D eigenvalue weighted by Crippen LogP contribution is 2.26. The average molecular weight is 385 g/mol. The van der Waals surface area contributed by atoms with E-state index in [9.17, 15) is 9.59 Å². The molecule has 7 heteroatoms. The van der Waals surface area contributed by atoms with Gasteiger partial charge in [0.05, 0.1) is 5.56 Å². The molecule has 6 nitrogen and oxygen atoms in total. The molecule has 1 aromatic heterocycles. The molecule has 1 atom stereocenters. The summed E-state index contributed by atoms with van der Waals surface area (Å²) in [5.41, 5.74) is 1.33. The van der Waals surface area contributed by atoms with Crippen LogP contribution in [0.25, 0.3) is 0 Å². The van der Waals surface area contributed by atoms with Crippen molar-refractivity contribution in [3.63, 3.8) is 0 Å². The van der Waals surface area contributed by atoms with E-state index in [1.54, 1.807) is 6.07 Å². The molecule has 2 aromatic rings. The maximum Gasteiger partial charge on any atom is 0.273 e. The first-order valence-corrected chi connectivity index (χ1v) is 8.10. The summed E-state index contributed by atoms with van der Waals surface area (Å²) in [6.07, 6.45) is 1.35. The lowest BCUT2D eigenvalue weighted by Crippen LogP contribution is -2.52. The first-order valence-electron chi connectivity index (χ1n) is 7.30. The quantitative estimate of drug-likeness (QED) is 0.857. The maximum atomic E-state index is 12.8. The third kappa shape index (κ3) is 3.14. The van der Waals surface area contributed by atoms with Crippen LogP contribution >= 0.6 is 15.9 Å². The number of piperazine rings is 1. The summed E-state index contributed by atoms with van der Waals surface area (Å²) in [4.78, 5) is 30.7. The third-order valence-corrected chi connectivity index (χ3v) is 4.30. The molecule has 1 saturated heterocycles. The highest BCUT2D eigenvalue weighted by Gasteiger charge is 2.35. The van der Waals surface area contributed by atoms with Gasteiger partial charge in [-0.3, -0.25) is 9.59 Å². The normalized spacial score (nSPS) is 17.1. The Morgan fingerprint density at radius 2 is 2.04 bits per heavy atom. The number of carbonyl (C=O) groups excluding carboxylic acids is 2. The topological polar surface area (TPSA) is 86.1 Å². The fourth-order valence-electron chi connectivity index (χ4n) is 2.60. The van der Waals surface area contributed by atoms with E-state index in [4.69, 9.17) is 5.26 Å². The van der Waals surface area contributed by atoms with Crippen molar-refractivity contribution in [3.05, 3.63) is 63.9 Å². The van der Waals surface area contributed by atoms with Crippen LogP contribution in [-0.2, 0) is 4.79 Å². The molecule has 3 rings (SSSR count). The number of nitrogens with one attached hydrogen (secondary N) is 1. The second kappa shape index (κ2) is 6.81. The summed E-state index contributed by atoms with van der Waals surface area (Å²) in [5, 5.41) is 11.6. The molecule has 0 spiro atoms. The van der Waals surface area contributed by atoms with Gasteiger partial charge in [0.15, 0.2) is 0 Å². The summed E-state index contributed by atoms with van der Waals surface area (Å²) < 4.78 is 0.897. The van der Waals surface area contributed by atoms with E-state index in [2.05, 4.69) is 26.2 Å². The second-order valence-electron chi connectivity index (χ2n) is 5.29. The zero-order valence-corrected chi connectivity index (χ0v) is 14.2. The maximum absolute atomic E-state index is 12.8. The van der Waals surface area contributed by atoms with Crippen LogP contribution in [-0.4, -0.2) is 34.8 Å². The number of benzene rings is 1. The minimum atomic E-state index is -0.697. The molecule has 1 N–H and O–H groups in total. The van der Waals surface area contributed by atoms with E-state index in [0.717, 1.165) is 10.0 Å². The molecule has 0 saturated carbocycles. The molecule has 2 amide bonds. The number of hydrogen-bond donors (Lipinski definition) is 1. The minimum Gasteiger partial charge on any atom is -0.352 e. The van der Waals surface area contributed by atoms with E-state index in [0.29, 0.717) is 18.7 Å². The molecule has 24 heavy (non-hydrogen) atoms. The zero-order valence-electron chi connectivity index (χ0n) is 12.6. The van der Waals surface area contributed by atoms with Crippen molar-refractivity contribution in [3.8, 4) is 6.07 Å². The number of carbonyl (C=O) groups is 2. The second-order valence-corrected chi connectivity index (χ2v) is 6.20. The van der Waals surface area contributed by atoms with Gasteiger partial charge in [0.1, 0.15) is 17.8 Å². The van der Waals surface area contributed by atoms with E-state index < -0.39 is 6.04 Å². The van der Waals surface area contributed by atoms with Crippen LogP contribution in [0.15, 0.2) is 47.1 Å². The fraction of sp³-hybridized carbons (Fsp3) is 0.176. The van der Waals surface area contributed by atoms with E-state index in [1.807, 2.05) is 30.3 Å². The average Bonchev–Trinajstić information content (AvgIpc) is 2.62. The predicted molar refractivity (Wildman–Crippen MR) is 89.9 cm³/mol. The van der Waals surface area contributed by atoms with Crippen molar-refractivity contribution in [2.45, 2.75) is 6.04 Å². The molecular formula is C17H13BrN4O2. The van der Waals surface area contributed by atoms with Gasteiger partial charge in [-0.1, -0.05) is 28.1 Å². The first kappa shape index (κ1) is 16.1. The molecule has 0 bridgehead atoms. The lowest BCUT2D eigenvalue weighted by molar-refractivity contribution is -0.128. The minimum absolute atomic E-state index is 0.214. The van der Waals surface area contributed by atoms with Crippen LogP contribution in [0.5, 0.6) is 0 Å². The number of halogens is 1. The van der Waals surface area contributed by atoms with Gasteiger partial charge >= 0.3 is 0 Å². The highest BCUT2D eigenvalue weighted by atomic mass is 79.9. The van der Waals surface area contributed by atoms with Crippen LogP contribution in [0, 0.1) is 11.3 Å². The lowest BCUT2D eigenvalue weighted by Gasteiger charge is -2.35. The summed E-state index contributed by atoms with van der Waals surface area (Å²) in [7, 11) is 0. The Labute approximate surface area is 147 Å². The summed E-state index contributed by atoms with van der Waals surface area (Å²) in [5.74, 6) is -0.548. The van der Waals surface area contributed by atoms with Gasteiger partial charge in [0.2, 0.25) is 5.91 Å². The Bertz CT molecular complexity index is 812. The van der Waals surface area contributed by atoms with E-state index >= 15 is 0 Å². The highest BCUT2D eigenvalue weighted by molar-refractivity contribution is 9.10. The molecular weight excluding hydrogens is 372 g/mol. The van der Waals surface area contributed by atoms with Crippen LogP contribution in [0.1, 0.15) is 27.7 Å².